The van der Waals surface area contributed by atoms with Crippen molar-refractivity contribution in [3.05, 3.63) is 57.0 Å². The molecule has 0 radical (unpaired) electrons. The summed E-state index contributed by atoms with van der Waals surface area (Å²) >= 11 is 9.33. The van der Waals surface area contributed by atoms with Crippen LogP contribution in [0.3, 0.4) is 0 Å². The topological polar surface area (TPSA) is 29.5 Å². The summed E-state index contributed by atoms with van der Waals surface area (Å²) in [5.74, 6) is 1.31. The molecule has 0 aliphatic rings. The zero-order valence-corrected chi connectivity index (χ0v) is 12.1. The average Bonchev–Trinajstić information content (AvgIpc) is 2.34. The van der Waals surface area contributed by atoms with Gasteiger partial charge in [-0.15, -0.1) is 0 Å². The summed E-state index contributed by atoms with van der Waals surface area (Å²) in [5, 5.41) is 9.86. The summed E-state index contributed by atoms with van der Waals surface area (Å²) in [5.41, 5.74) is 1.81. The number of aliphatic hydroxyl groups is 1. The lowest BCUT2D eigenvalue weighted by Gasteiger charge is -2.11. The molecule has 2 nitrogen and oxygen atoms in total. The summed E-state index contributed by atoms with van der Waals surface area (Å²) in [6.45, 7) is 1.90. The molecule has 0 aliphatic heterocycles. The van der Waals surface area contributed by atoms with Crippen LogP contribution in [0, 0.1) is 6.92 Å². The zero-order valence-electron chi connectivity index (χ0n) is 9.78. The van der Waals surface area contributed by atoms with Gasteiger partial charge in [0.1, 0.15) is 11.5 Å². The van der Waals surface area contributed by atoms with Gasteiger partial charge in [0.25, 0.3) is 0 Å². The Bertz CT molecular complexity index is 570. The summed E-state index contributed by atoms with van der Waals surface area (Å²) in [7, 11) is 0. The minimum atomic E-state index is -0.112. The van der Waals surface area contributed by atoms with Crippen molar-refractivity contribution in [1.29, 1.82) is 0 Å². The molecule has 0 fully saturated rings. The van der Waals surface area contributed by atoms with Crippen molar-refractivity contribution in [2.75, 3.05) is 0 Å². The lowest BCUT2D eigenvalue weighted by atomic mass is 10.2. The molecule has 0 amide bonds. The highest BCUT2D eigenvalue weighted by Crippen LogP contribution is 2.33. The highest BCUT2D eigenvalue weighted by Gasteiger charge is 2.07. The van der Waals surface area contributed by atoms with E-state index in [0.29, 0.717) is 22.1 Å². The first-order chi connectivity index (χ1) is 8.60. The third kappa shape index (κ3) is 3.05. The lowest BCUT2D eigenvalue weighted by molar-refractivity contribution is 0.276. The highest BCUT2D eigenvalue weighted by molar-refractivity contribution is 9.10. The van der Waals surface area contributed by atoms with Crippen LogP contribution in [0.15, 0.2) is 40.9 Å². The third-order valence-corrected chi connectivity index (χ3v) is 3.35. The smallest absolute Gasteiger partial charge is 0.141 e. The van der Waals surface area contributed by atoms with Gasteiger partial charge >= 0.3 is 0 Å². The third-order valence-electron chi connectivity index (χ3n) is 2.50. The van der Waals surface area contributed by atoms with Crippen LogP contribution >= 0.6 is 27.5 Å². The van der Waals surface area contributed by atoms with Crippen molar-refractivity contribution >= 4 is 27.5 Å². The van der Waals surface area contributed by atoms with Crippen LogP contribution in [0.2, 0.25) is 5.02 Å². The Labute approximate surface area is 119 Å². The number of aryl methyl sites for hydroxylation is 1. The molecule has 0 spiro atoms. The monoisotopic (exact) mass is 326 g/mol. The van der Waals surface area contributed by atoms with Gasteiger partial charge < -0.3 is 9.84 Å². The molecule has 0 saturated carbocycles. The maximum atomic E-state index is 9.28. The van der Waals surface area contributed by atoms with Crippen LogP contribution in [0.4, 0.5) is 0 Å². The van der Waals surface area contributed by atoms with Gasteiger partial charge in [-0.05, 0) is 58.7 Å². The first-order valence-corrected chi connectivity index (χ1v) is 6.60. The molecule has 0 atom stereocenters. The van der Waals surface area contributed by atoms with Gasteiger partial charge in [0.15, 0.2) is 0 Å². The van der Waals surface area contributed by atoms with Gasteiger partial charge in [-0.3, -0.25) is 0 Å². The van der Waals surface area contributed by atoms with E-state index < -0.39 is 0 Å². The van der Waals surface area contributed by atoms with E-state index in [0.717, 1.165) is 10.0 Å². The van der Waals surface area contributed by atoms with E-state index in [1.165, 1.54) is 0 Å². The maximum absolute atomic E-state index is 9.28. The van der Waals surface area contributed by atoms with Crippen LogP contribution in [0.5, 0.6) is 11.5 Å². The number of aliphatic hydroxyl groups excluding tert-OH is 1. The Balaban J connectivity index is 2.33. The molecule has 0 saturated heterocycles. The summed E-state index contributed by atoms with van der Waals surface area (Å²) in [6, 6.07) is 11.0. The van der Waals surface area contributed by atoms with Crippen LogP contribution in [0.25, 0.3) is 0 Å². The van der Waals surface area contributed by atoms with E-state index in [4.69, 9.17) is 16.3 Å². The van der Waals surface area contributed by atoms with Crippen molar-refractivity contribution < 1.29 is 9.84 Å². The highest BCUT2D eigenvalue weighted by atomic mass is 79.9. The standard InChI is InChI=1S/C14H12BrClO2/c1-9-2-4-14(12(15)6-9)18-13-5-3-11(16)7-10(13)8-17/h2-7,17H,8H2,1H3. The molecule has 1 N–H and O–H groups in total. The first-order valence-electron chi connectivity index (χ1n) is 5.43. The van der Waals surface area contributed by atoms with Gasteiger partial charge in [0.05, 0.1) is 11.1 Å². The molecule has 2 aromatic carbocycles. The zero-order chi connectivity index (χ0) is 13.1. The fourth-order valence-electron chi connectivity index (χ4n) is 1.58. The van der Waals surface area contributed by atoms with E-state index >= 15 is 0 Å². The summed E-state index contributed by atoms with van der Waals surface area (Å²) in [6.07, 6.45) is 0. The Morgan fingerprint density at radius 2 is 1.89 bits per heavy atom. The fourth-order valence-corrected chi connectivity index (χ4v) is 2.35. The molecule has 2 rings (SSSR count). The Morgan fingerprint density at radius 1 is 1.17 bits per heavy atom. The number of hydrogen-bond acceptors (Lipinski definition) is 2. The lowest BCUT2D eigenvalue weighted by Crippen LogP contribution is -1.92. The quantitative estimate of drug-likeness (QED) is 0.885. The van der Waals surface area contributed by atoms with E-state index in [-0.39, 0.29) is 6.61 Å². The molecular weight excluding hydrogens is 316 g/mol. The molecule has 0 heterocycles. The normalized spacial score (nSPS) is 10.4. The predicted molar refractivity (Wildman–Crippen MR) is 76.3 cm³/mol. The second-order valence-corrected chi connectivity index (χ2v) is 5.24. The Hall–Kier alpha value is -1.03. The van der Waals surface area contributed by atoms with Gasteiger partial charge in [-0.1, -0.05) is 17.7 Å². The molecule has 4 heteroatoms. The fraction of sp³-hybridized carbons (Fsp3) is 0.143. The molecule has 0 unspecified atom stereocenters. The summed E-state index contributed by atoms with van der Waals surface area (Å²) < 4.78 is 6.65. The van der Waals surface area contributed by atoms with Crippen molar-refractivity contribution in [3.63, 3.8) is 0 Å². The van der Waals surface area contributed by atoms with Gasteiger partial charge in [0, 0.05) is 10.6 Å². The molecule has 18 heavy (non-hydrogen) atoms. The molecule has 2 aromatic rings. The Kier molecular flexibility index (Phi) is 4.27. The van der Waals surface area contributed by atoms with E-state index in [1.54, 1.807) is 18.2 Å². The first kappa shape index (κ1) is 13.4. The van der Waals surface area contributed by atoms with Gasteiger partial charge in [0.2, 0.25) is 0 Å². The van der Waals surface area contributed by atoms with Crippen molar-refractivity contribution in [2.24, 2.45) is 0 Å². The van der Waals surface area contributed by atoms with E-state index in [1.807, 2.05) is 25.1 Å². The van der Waals surface area contributed by atoms with Crippen molar-refractivity contribution in [2.45, 2.75) is 13.5 Å². The largest absolute Gasteiger partial charge is 0.456 e. The molecular formula is C14H12BrClO2. The van der Waals surface area contributed by atoms with Crippen molar-refractivity contribution in [1.82, 2.24) is 0 Å². The molecule has 94 valence electrons. The number of rotatable bonds is 3. The van der Waals surface area contributed by atoms with Crippen LogP contribution in [0.1, 0.15) is 11.1 Å². The van der Waals surface area contributed by atoms with E-state index in [9.17, 15) is 5.11 Å². The van der Waals surface area contributed by atoms with Crippen LogP contribution < -0.4 is 4.74 Å². The Morgan fingerprint density at radius 3 is 2.56 bits per heavy atom. The summed E-state index contributed by atoms with van der Waals surface area (Å²) in [4.78, 5) is 0. The second kappa shape index (κ2) is 5.74. The van der Waals surface area contributed by atoms with E-state index in [2.05, 4.69) is 15.9 Å². The van der Waals surface area contributed by atoms with Crippen molar-refractivity contribution in [3.8, 4) is 11.5 Å². The number of halogens is 2. The number of hydrogen-bond donors (Lipinski definition) is 1. The van der Waals surface area contributed by atoms with Crippen LogP contribution in [-0.4, -0.2) is 5.11 Å². The van der Waals surface area contributed by atoms with Gasteiger partial charge in [-0.25, -0.2) is 0 Å². The minimum Gasteiger partial charge on any atom is -0.456 e. The number of benzene rings is 2. The molecule has 0 aromatic heterocycles. The number of ether oxygens (including phenoxy) is 1. The minimum absolute atomic E-state index is 0.112. The second-order valence-electron chi connectivity index (χ2n) is 3.95. The SMILES string of the molecule is Cc1ccc(Oc2ccc(Cl)cc2CO)c(Br)c1. The molecule has 0 bridgehead atoms. The van der Waals surface area contributed by atoms with Crippen LogP contribution in [-0.2, 0) is 6.61 Å². The maximum Gasteiger partial charge on any atom is 0.141 e. The van der Waals surface area contributed by atoms with Gasteiger partial charge in [-0.2, -0.15) is 0 Å². The average molecular weight is 328 g/mol. The molecule has 0 aliphatic carbocycles. The predicted octanol–water partition coefficient (Wildman–Crippen LogP) is 4.70.